The number of hydrogen-bond donors (Lipinski definition) is 1. The summed E-state index contributed by atoms with van der Waals surface area (Å²) in [5, 5.41) is 4.00. The minimum Gasteiger partial charge on any atom is -0.326 e. The van der Waals surface area contributed by atoms with E-state index < -0.39 is 0 Å². The smallest absolute Gasteiger partial charge is 0.251 e. The first kappa shape index (κ1) is 17.9. The Hall–Kier alpha value is -2.88. The Kier molecular flexibility index (Phi) is 4.94. The van der Waals surface area contributed by atoms with Gasteiger partial charge in [0.15, 0.2) is 0 Å². The molecule has 1 amide bonds. The molecule has 0 aliphatic rings. The minimum absolute atomic E-state index is 0.0642. The number of nitrogens with zero attached hydrogens (tertiary/aromatic N) is 1. The lowest BCUT2D eigenvalue weighted by molar-refractivity contribution is -0.116. The van der Waals surface area contributed by atoms with E-state index in [2.05, 4.69) is 24.4 Å². The molecule has 134 valence electrons. The van der Waals surface area contributed by atoms with Gasteiger partial charge in [-0.1, -0.05) is 29.8 Å². The van der Waals surface area contributed by atoms with Crippen LogP contribution >= 0.6 is 0 Å². The third kappa shape index (κ3) is 3.54. The van der Waals surface area contributed by atoms with Crippen LogP contribution in [0.4, 0.5) is 5.69 Å². The lowest BCUT2D eigenvalue weighted by Crippen LogP contribution is -2.24. The Morgan fingerprint density at radius 1 is 0.962 bits per heavy atom. The van der Waals surface area contributed by atoms with Crippen molar-refractivity contribution in [1.82, 2.24) is 4.57 Å². The van der Waals surface area contributed by atoms with Gasteiger partial charge in [-0.25, -0.2) is 0 Å². The van der Waals surface area contributed by atoms with Crippen molar-refractivity contribution >= 4 is 22.5 Å². The summed E-state index contributed by atoms with van der Waals surface area (Å²) < 4.78 is 1.72. The highest BCUT2D eigenvalue weighted by molar-refractivity contribution is 5.91. The third-order valence-corrected chi connectivity index (χ3v) is 4.73. The summed E-state index contributed by atoms with van der Waals surface area (Å²) in [5.74, 6) is -0.0929. The summed E-state index contributed by atoms with van der Waals surface area (Å²) in [6, 6.07) is 13.5. The van der Waals surface area contributed by atoms with Crippen LogP contribution in [-0.4, -0.2) is 10.5 Å². The monoisotopic (exact) mass is 348 g/mol. The number of anilines is 1. The number of rotatable bonds is 4. The molecule has 26 heavy (non-hydrogen) atoms. The molecule has 4 nitrogen and oxygen atoms in total. The first-order valence-electron chi connectivity index (χ1n) is 8.83. The topological polar surface area (TPSA) is 51.1 Å². The van der Waals surface area contributed by atoms with Gasteiger partial charge in [0.2, 0.25) is 5.91 Å². The van der Waals surface area contributed by atoms with Crippen LogP contribution < -0.4 is 10.9 Å². The number of aryl methyl sites for hydroxylation is 5. The lowest BCUT2D eigenvalue weighted by atomic mass is 10.0. The zero-order valence-electron chi connectivity index (χ0n) is 15.7. The molecule has 0 saturated carbocycles. The van der Waals surface area contributed by atoms with E-state index in [4.69, 9.17) is 0 Å². The molecule has 2 aromatic carbocycles. The molecule has 1 aromatic heterocycles. The molecule has 0 bridgehead atoms. The highest BCUT2D eigenvalue weighted by Crippen LogP contribution is 2.22. The second-order valence-corrected chi connectivity index (χ2v) is 6.91. The van der Waals surface area contributed by atoms with Crippen molar-refractivity contribution in [3.05, 3.63) is 75.1 Å². The molecule has 0 aliphatic carbocycles. The Labute approximate surface area is 153 Å². The van der Waals surface area contributed by atoms with E-state index in [9.17, 15) is 9.59 Å². The summed E-state index contributed by atoms with van der Waals surface area (Å²) in [7, 11) is 0. The van der Waals surface area contributed by atoms with E-state index >= 15 is 0 Å². The zero-order chi connectivity index (χ0) is 18.8. The number of amides is 1. The third-order valence-electron chi connectivity index (χ3n) is 4.73. The van der Waals surface area contributed by atoms with Gasteiger partial charge >= 0.3 is 0 Å². The first-order chi connectivity index (χ1) is 12.4. The van der Waals surface area contributed by atoms with E-state index in [-0.39, 0.29) is 17.9 Å². The highest BCUT2D eigenvalue weighted by Gasteiger charge is 2.12. The van der Waals surface area contributed by atoms with Gasteiger partial charge < -0.3 is 9.88 Å². The molecule has 1 N–H and O–H groups in total. The second-order valence-electron chi connectivity index (χ2n) is 6.91. The van der Waals surface area contributed by atoms with Crippen molar-refractivity contribution in [2.45, 2.75) is 40.7 Å². The average molecular weight is 348 g/mol. The molecule has 0 spiro atoms. The number of pyridine rings is 1. The van der Waals surface area contributed by atoms with Crippen LogP contribution in [0.2, 0.25) is 0 Å². The van der Waals surface area contributed by atoms with Gasteiger partial charge in [0.05, 0.1) is 5.52 Å². The molecular formula is C22H24N2O2. The molecule has 0 atom stereocenters. The molecule has 4 heteroatoms. The SMILES string of the molecule is Cc1cc(C)c2c(c1)c(C)cc(=O)n2CCC(=O)Nc1ccccc1C. The summed E-state index contributed by atoms with van der Waals surface area (Å²) in [6.45, 7) is 8.34. The number of carbonyl (C=O) groups excluding carboxylic acids is 1. The number of carbonyl (C=O) groups is 1. The van der Waals surface area contributed by atoms with Crippen LogP contribution in [-0.2, 0) is 11.3 Å². The van der Waals surface area contributed by atoms with E-state index in [1.807, 2.05) is 45.0 Å². The predicted molar refractivity (Wildman–Crippen MR) is 107 cm³/mol. The molecular weight excluding hydrogens is 324 g/mol. The van der Waals surface area contributed by atoms with Crippen molar-refractivity contribution in [1.29, 1.82) is 0 Å². The number of hydrogen-bond acceptors (Lipinski definition) is 2. The fourth-order valence-corrected chi connectivity index (χ4v) is 3.43. The molecule has 3 aromatic rings. The number of benzene rings is 2. The Balaban J connectivity index is 1.88. The molecule has 0 aliphatic heterocycles. The summed E-state index contributed by atoms with van der Waals surface area (Å²) in [6.07, 6.45) is 0.250. The number of aromatic nitrogens is 1. The average Bonchev–Trinajstić information content (AvgIpc) is 2.57. The lowest BCUT2D eigenvalue weighted by Gasteiger charge is -2.15. The molecule has 0 saturated heterocycles. The largest absolute Gasteiger partial charge is 0.326 e. The highest BCUT2D eigenvalue weighted by atomic mass is 16.1. The predicted octanol–water partition coefficient (Wildman–Crippen LogP) is 4.26. The van der Waals surface area contributed by atoms with E-state index in [1.165, 1.54) is 5.56 Å². The maximum absolute atomic E-state index is 12.5. The first-order valence-corrected chi connectivity index (χ1v) is 8.83. The van der Waals surface area contributed by atoms with Crippen molar-refractivity contribution in [2.75, 3.05) is 5.32 Å². The summed E-state index contributed by atoms with van der Waals surface area (Å²) in [4.78, 5) is 24.9. The minimum atomic E-state index is -0.0929. The van der Waals surface area contributed by atoms with E-state index in [0.717, 1.165) is 33.3 Å². The van der Waals surface area contributed by atoms with Gasteiger partial charge in [-0.2, -0.15) is 0 Å². The Morgan fingerprint density at radius 3 is 2.42 bits per heavy atom. The van der Waals surface area contributed by atoms with Gasteiger partial charge in [0.25, 0.3) is 5.56 Å². The van der Waals surface area contributed by atoms with Crippen LogP contribution in [0.1, 0.15) is 28.7 Å². The molecule has 0 radical (unpaired) electrons. The number of fused-ring (bicyclic) bond motifs is 1. The normalized spacial score (nSPS) is 10.9. The van der Waals surface area contributed by atoms with Crippen molar-refractivity contribution in [2.24, 2.45) is 0 Å². The maximum Gasteiger partial charge on any atom is 0.251 e. The Bertz CT molecular complexity index is 1050. The van der Waals surface area contributed by atoms with Crippen LogP contribution in [0.3, 0.4) is 0 Å². The Morgan fingerprint density at radius 2 is 1.69 bits per heavy atom. The van der Waals surface area contributed by atoms with Crippen LogP contribution in [0.25, 0.3) is 10.9 Å². The standard InChI is InChI=1S/C22H24N2O2/c1-14-11-17(4)22-18(12-14)16(3)13-21(26)24(22)10-9-20(25)23-19-8-6-5-7-15(19)2/h5-8,11-13H,9-10H2,1-4H3,(H,23,25). The van der Waals surface area contributed by atoms with Crippen molar-refractivity contribution < 1.29 is 4.79 Å². The van der Waals surface area contributed by atoms with Crippen molar-refractivity contribution in [3.8, 4) is 0 Å². The van der Waals surface area contributed by atoms with Gasteiger partial charge in [-0.05, 0) is 56.5 Å². The van der Waals surface area contributed by atoms with Gasteiger partial charge in [-0.3, -0.25) is 9.59 Å². The maximum atomic E-state index is 12.5. The van der Waals surface area contributed by atoms with E-state index in [0.29, 0.717) is 6.54 Å². The van der Waals surface area contributed by atoms with Gasteiger partial charge in [0, 0.05) is 30.1 Å². The molecule has 1 heterocycles. The van der Waals surface area contributed by atoms with Crippen molar-refractivity contribution in [3.63, 3.8) is 0 Å². The number of para-hydroxylation sites is 1. The van der Waals surface area contributed by atoms with Crippen LogP contribution in [0, 0.1) is 27.7 Å². The molecule has 0 unspecified atom stereocenters. The quantitative estimate of drug-likeness (QED) is 0.766. The fourth-order valence-electron chi connectivity index (χ4n) is 3.43. The summed E-state index contributed by atoms with van der Waals surface area (Å²) in [5.41, 5.74) is 5.88. The van der Waals surface area contributed by atoms with Gasteiger partial charge in [-0.15, -0.1) is 0 Å². The molecule has 3 rings (SSSR count). The van der Waals surface area contributed by atoms with Crippen LogP contribution in [0.5, 0.6) is 0 Å². The zero-order valence-corrected chi connectivity index (χ0v) is 15.7. The molecule has 0 fully saturated rings. The second kappa shape index (κ2) is 7.16. The van der Waals surface area contributed by atoms with Gasteiger partial charge in [0.1, 0.15) is 0 Å². The van der Waals surface area contributed by atoms with E-state index in [1.54, 1.807) is 10.6 Å². The fraction of sp³-hybridized carbons (Fsp3) is 0.273. The number of nitrogens with one attached hydrogen (secondary N) is 1. The van der Waals surface area contributed by atoms with Crippen LogP contribution in [0.15, 0.2) is 47.3 Å². The summed E-state index contributed by atoms with van der Waals surface area (Å²) >= 11 is 0.